The van der Waals surface area contributed by atoms with Gasteiger partial charge in [-0.05, 0) is 57.4 Å². The lowest BCUT2D eigenvalue weighted by atomic mass is 9.56. The van der Waals surface area contributed by atoms with Gasteiger partial charge in [-0.3, -0.25) is 14.4 Å². The minimum atomic E-state index is -1.77. The zero-order chi connectivity index (χ0) is 32.5. The van der Waals surface area contributed by atoms with E-state index in [1.165, 1.54) is 44.9 Å². The number of hydrogen-bond donors (Lipinski definition) is 2. The molecular weight excluding hydrogens is 556 g/mol. The van der Waals surface area contributed by atoms with E-state index in [2.05, 4.69) is 13.8 Å². The van der Waals surface area contributed by atoms with E-state index < -0.39 is 34.6 Å². The van der Waals surface area contributed by atoms with Crippen molar-refractivity contribution < 1.29 is 34.1 Å². The second-order valence-electron chi connectivity index (χ2n) is 15.2. The monoisotopic (exact) mass is 614 g/mol. The molecule has 0 heterocycles. The van der Waals surface area contributed by atoms with E-state index in [1.54, 1.807) is 6.92 Å². The van der Waals surface area contributed by atoms with Crippen LogP contribution in [0.15, 0.2) is 23.3 Å². The summed E-state index contributed by atoms with van der Waals surface area (Å²) in [6.45, 7) is 14.9. The Morgan fingerprint density at radius 1 is 1.00 bits per heavy atom. The quantitative estimate of drug-likeness (QED) is 0.104. The van der Waals surface area contributed by atoms with Gasteiger partial charge in [0.25, 0.3) is 12.9 Å². The normalized spacial score (nSPS) is 40.4. The molecule has 4 aliphatic carbocycles. The van der Waals surface area contributed by atoms with E-state index in [-0.39, 0.29) is 35.1 Å². The molecule has 0 aliphatic heterocycles. The number of aliphatic hydroxyl groups excluding tert-OH is 1. The van der Waals surface area contributed by atoms with Crippen LogP contribution in [-0.2, 0) is 23.9 Å². The first-order chi connectivity index (χ1) is 20.8. The summed E-state index contributed by atoms with van der Waals surface area (Å²) in [7, 11) is 0. The Bertz CT molecular complexity index is 1130. The van der Waals surface area contributed by atoms with Crippen molar-refractivity contribution in [2.24, 2.45) is 40.4 Å². The van der Waals surface area contributed by atoms with Crippen LogP contribution < -0.4 is 0 Å². The SMILES string of the molecule is CCCCCCCCCCC[C@]1(C)C2[C@H]3C=C(C)[C@@H](O)[C@]4(O)[C@@H](CC(C)C(C)OC=O)C(C)=C[C@@]4(C3=O)[C@H](C)C[C@]21OC=O. The number of aliphatic hydroxyl groups is 2. The van der Waals surface area contributed by atoms with E-state index in [0.29, 0.717) is 31.4 Å². The van der Waals surface area contributed by atoms with E-state index in [4.69, 9.17) is 9.47 Å². The smallest absolute Gasteiger partial charge is 0.293 e. The molecule has 248 valence electrons. The van der Waals surface area contributed by atoms with Crippen LogP contribution in [0.5, 0.6) is 0 Å². The van der Waals surface area contributed by atoms with Gasteiger partial charge in [-0.15, -0.1) is 0 Å². The number of Topliss-reactive ketones (excluding diaryl/α,β-unsaturated/α-hetero) is 1. The van der Waals surface area contributed by atoms with Gasteiger partial charge < -0.3 is 19.7 Å². The zero-order valence-electron chi connectivity index (χ0n) is 28.3. The molecule has 2 saturated carbocycles. The largest absolute Gasteiger partial charge is 0.465 e. The van der Waals surface area contributed by atoms with Gasteiger partial charge in [-0.25, -0.2) is 0 Å². The number of fused-ring (bicyclic) bond motifs is 3. The summed E-state index contributed by atoms with van der Waals surface area (Å²) in [5.41, 5.74) is -2.81. The highest BCUT2D eigenvalue weighted by molar-refractivity contribution is 5.95. The van der Waals surface area contributed by atoms with Crippen LogP contribution in [0.4, 0.5) is 0 Å². The van der Waals surface area contributed by atoms with Crippen LogP contribution in [0.2, 0.25) is 0 Å². The Kier molecular flexibility index (Phi) is 10.6. The summed E-state index contributed by atoms with van der Waals surface area (Å²) in [6.07, 6.45) is 15.0. The highest BCUT2D eigenvalue weighted by Gasteiger charge is 2.83. The molecule has 7 nitrogen and oxygen atoms in total. The van der Waals surface area contributed by atoms with Crippen molar-refractivity contribution in [2.75, 3.05) is 0 Å². The molecule has 11 atom stereocenters. The number of allylic oxidation sites excluding steroid dienone is 1. The van der Waals surface area contributed by atoms with Crippen LogP contribution in [0.1, 0.15) is 126 Å². The van der Waals surface area contributed by atoms with E-state index in [1.807, 2.05) is 39.8 Å². The summed E-state index contributed by atoms with van der Waals surface area (Å²) in [6, 6.07) is 0. The Labute approximate surface area is 265 Å². The number of rotatable bonds is 17. The molecule has 2 fully saturated rings. The second-order valence-corrected chi connectivity index (χ2v) is 15.2. The summed E-state index contributed by atoms with van der Waals surface area (Å²) in [5.74, 6) is -1.87. The Morgan fingerprint density at radius 3 is 2.20 bits per heavy atom. The fraction of sp³-hybridized carbons (Fsp3) is 0.811. The van der Waals surface area contributed by atoms with Crippen molar-refractivity contribution in [2.45, 2.75) is 149 Å². The second kappa shape index (κ2) is 13.4. The molecular formula is C37H58O7. The molecule has 0 aromatic rings. The van der Waals surface area contributed by atoms with Crippen molar-refractivity contribution in [3.8, 4) is 0 Å². The number of unbranched alkanes of at least 4 members (excludes halogenated alkanes) is 8. The number of hydrogen-bond acceptors (Lipinski definition) is 7. The van der Waals surface area contributed by atoms with Crippen LogP contribution >= 0.6 is 0 Å². The fourth-order valence-electron chi connectivity index (χ4n) is 10.1. The van der Waals surface area contributed by atoms with Gasteiger partial charge in [0.1, 0.15) is 23.4 Å². The van der Waals surface area contributed by atoms with Crippen molar-refractivity contribution in [1.29, 1.82) is 0 Å². The molecule has 0 radical (unpaired) electrons. The van der Waals surface area contributed by atoms with Gasteiger partial charge in [-0.1, -0.05) is 103 Å². The van der Waals surface area contributed by atoms with Gasteiger partial charge in [0.15, 0.2) is 5.78 Å². The van der Waals surface area contributed by atoms with Crippen LogP contribution in [0.25, 0.3) is 0 Å². The molecule has 1 spiro atoms. The standard InChI is InChI=1S/C37H58O7/c1-8-9-10-11-12-13-14-15-16-17-34(7)31-29-18-25(3)32(40)37(42)30(19-24(2)28(6)43-22-38)26(4)20-35(37,33(29)41)27(5)21-36(31,34)44-23-39/h18,20,22-24,27-32,40,42H,8-17,19,21H2,1-7H3/t24?,27-,28?,29-,30+,31?,32-,34-,35+,36+,37-/m1/s1. The first kappa shape index (κ1) is 34.9. The van der Waals surface area contributed by atoms with Crippen LogP contribution in [0, 0.1) is 40.4 Å². The van der Waals surface area contributed by atoms with Crippen molar-refractivity contribution in [3.63, 3.8) is 0 Å². The lowest BCUT2D eigenvalue weighted by Crippen LogP contribution is -2.63. The summed E-state index contributed by atoms with van der Waals surface area (Å²) < 4.78 is 11.3. The number of ether oxygens (including phenoxy) is 2. The van der Waals surface area contributed by atoms with Gasteiger partial charge in [0, 0.05) is 23.2 Å². The molecule has 0 saturated heterocycles. The number of carbonyl (C=O) groups is 3. The van der Waals surface area contributed by atoms with Crippen LogP contribution in [0.3, 0.4) is 0 Å². The molecule has 7 heteroatoms. The third-order valence-electron chi connectivity index (χ3n) is 12.8. The molecule has 4 aliphatic rings. The Morgan fingerprint density at radius 2 is 1.61 bits per heavy atom. The third kappa shape index (κ3) is 5.32. The van der Waals surface area contributed by atoms with E-state index in [9.17, 15) is 24.6 Å². The topological polar surface area (TPSA) is 110 Å². The minimum Gasteiger partial charge on any atom is -0.465 e. The maximum absolute atomic E-state index is 15.0. The molecule has 0 amide bonds. The lowest BCUT2D eigenvalue weighted by molar-refractivity contribution is -0.180. The Balaban J connectivity index is 1.62. The highest BCUT2D eigenvalue weighted by atomic mass is 16.5. The molecule has 2 N–H and O–H groups in total. The number of ketones is 1. The molecule has 0 aromatic carbocycles. The fourth-order valence-corrected chi connectivity index (χ4v) is 10.1. The predicted octanol–water partition coefficient (Wildman–Crippen LogP) is 6.88. The first-order valence-corrected chi connectivity index (χ1v) is 17.4. The average molecular weight is 615 g/mol. The third-order valence-corrected chi connectivity index (χ3v) is 12.8. The Hall–Kier alpha value is -1.99. The molecule has 2 bridgehead atoms. The van der Waals surface area contributed by atoms with Gasteiger partial charge in [-0.2, -0.15) is 0 Å². The molecule has 0 aromatic heterocycles. The zero-order valence-corrected chi connectivity index (χ0v) is 28.3. The van der Waals surface area contributed by atoms with Crippen molar-refractivity contribution in [1.82, 2.24) is 0 Å². The highest BCUT2D eigenvalue weighted by Crippen LogP contribution is 2.77. The maximum atomic E-state index is 15.0. The van der Waals surface area contributed by atoms with E-state index in [0.717, 1.165) is 24.8 Å². The van der Waals surface area contributed by atoms with Gasteiger partial charge in [0.2, 0.25) is 0 Å². The maximum Gasteiger partial charge on any atom is 0.293 e. The van der Waals surface area contributed by atoms with Crippen LogP contribution in [-0.4, -0.2) is 52.4 Å². The van der Waals surface area contributed by atoms with E-state index >= 15 is 0 Å². The van der Waals surface area contributed by atoms with Crippen molar-refractivity contribution >= 4 is 18.7 Å². The van der Waals surface area contributed by atoms with Gasteiger partial charge >= 0.3 is 0 Å². The minimum absolute atomic E-state index is 0.0766. The summed E-state index contributed by atoms with van der Waals surface area (Å²) >= 11 is 0. The summed E-state index contributed by atoms with van der Waals surface area (Å²) in [4.78, 5) is 38.1. The van der Waals surface area contributed by atoms with Gasteiger partial charge in [0.05, 0.1) is 5.41 Å². The molecule has 4 rings (SSSR count). The molecule has 3 unspecified atom stereocenters. The first-order valence-electron chi connectivity index (χ1n) is 17.4. The lowest BCUT2D eigenvalue weighted by Gasteiger charge is -2.50. The predicted molar refractivity (Wildman–Crippen MR) is 170 cm³/mol. The van der Waals surface area contributed by atoms with Crippen molar-refractivity contribution in [3.05, 3.63) is 23.3 Å². The summed E-state index contributed by atoms with van der Waals surface area (Å²) in [5, 5.41) is 24.8. The molecule has 44 heavy (non-hydrogen) atoms. The number of carbonyl (C=O) groups excluding carboxylic acids is 3. The average Bonchev–Trinajstić information content (AvgIpc) is 3.42.